The number of nitrogens with zero attached hydrogens (tertiary/aromatic N) is 4. The molecule has 0 aliphatic carbocycles. The van der Waals surface area contributed by atoms with E-state index in [0.717, 1.165) is 50.8 Å². The summed E-state index contributed by atoms with van der Waals surface area (Å²) in [5, 5.41) is 10.4. The second-order valence-electron chi connectivity index (χ2n) is 16.7. The van der Waals surface area contributed by atoms with E-state index in [1.54, 1.807) is 15.4 Å². The number of fused-ring (bicyclic) bond motifs is 2. The minimum atomic E-state index is -4.37. The van der Waals surface area contributed by atoms with Crippen molar-refractivity contribution in [3.05, 3.63) is 129 Å². The first-order chi connectivity index (χ1) is 29.8. The second-order valence-corrected chi connectivity index (χ2v) is 17.5. The fourth-order valence-corrected chi connectivity index (χ4v) is 7.46. The molecule has 2 aromatic heterocycles. The molecule has 10 nitrogen and oxygen atoms in total. The van der Waals surface area contributed by atoms with Crippen molar-refractivity contribution in [2.45, 2.75) is 104 Å². The molecule has 1 saturated heterocycles. The van der Waals surface area contributed by atoms with Gasteiger partial charge >= 0.3 is 31.4 Å². The molecule has 0 atom stereocenters. The molecule has 4 aromatic carbocycles. The highest BCUT2D eigenvalue weighted by Crippen LogP contribution is 2.38. The van der Waals surface area contributed by atoms with Gasteiger partial charge in [0.1, 0.15) is 0 Å². The Bertz CT molecular complexity index is 2570. The highest BCUT2D eigenvalue weighted by Gasteiger charge is 2.50. The number of halogens is 7. The Morgan fingerprint density at radius 1 is 0.656 bits per heavy atom. The molecule has 64 heavy (non-hydrogen) atoms. The van der Waals surface area contributed by atoms with E-state index in [-0.39, 0.29) is 18.1 Å². The van der Waals surface area contributed by atoms with E-state index in [4.69, 9.17) is 18.8 Å². The van der Waals surface area contributed by atoms with E-state index in [2.05, 4.69) is 26.1 Å². The molecule has 0 radical (unpaired) electrons. The maximum Gasteiger partial charge on any atom is 0.462 e. The molecule has 0 bridgehead atoms. The van der Waals surface area contributed by atoms with Gasteiger partial charge in [0.15, 0.2) is 11.4 Å². The molecule has 0 N–H and O–H groups in total. The lowest BCUT2D eigenvalue weighted by molar-refractivity contribution is -0.138. The maximum atomic E-state index is 12.8. The number of ether oxygens (including phenoxy) is 2. The van der Waals surface area contributed by atoms with Crippen LogP contribution in [0.1, 0.15) is 116 Å². The van der Waals surface area contributed by atoms with Gasteiger partial charge < -0.3 is 18.8 Å². The molecular formula is C46H50BBrF6N4O6. The van der Waals surface area contributed by atoms with E-state index in [9.17, 15) is 35.9 Å². The SMILES string of the molecule is CC1(C)OB(Cc2ccc(C(F)(F)F)cc2)OC1(C)C.COC(=O)c1c2c(Br)cccc2nn1C(C)C.COC(=O)c1c2c(Cc3ccc(C(F)(F)F)cc3)cccc2nn1C(C)C. The minimum absolute atomic E-state index is 0.0505. The van der Waals surface area contributed by atoms with Crippen LogP contribution in [0.2, 0.25) is 0 Å². The first kappa shape index (κ1) is 49.8. The summed E-state index contributed by atoms with van der Waals surface area (Å²) in [7, 11) is 2.25. The molecule has 1 fully saturated rings. The Labute approximate surface area is 376 Å². The smallest absolute Gasteiger partial charge is 0.462 e. The molecule has 6 aromatic rings. The maximum absolute atomic E-state index is 12.8. The normalized spacial score (nSPS) is 14.6. The summed E-state index contributed by atoms with van der Waals surface area (Å²) in [4.78, 5) is 24.2. The van der Waals surface area contributed by atoms with E-state index in [1.165, 1.54) is 38.5 Å². The summed E-state index contributed by atoms with van der Waals surface area (Å²) in [5.74, 6) is -0.862. The van der Waals surface area contributed by atoms with E-state index >= 15 is 0 Å². The fourth-order valence-electron chi connectivity index (χ4n) is 6.92. The van der Waals surface area contributed by atoms with Crippen molar-refractivity contribution >= 4 is 56.8 Å². The van der Waals surface area contributed by atoms with Crippen LogP contribution < -0.4 is 0 Å². The average molecular weight is 960 g/mol. The van der Waals surface area contributed by atoms with Crippen LogP contribution in [-0.2, 0) is 43.9 Å². The van der Waals surface area contributed by atoms with Gasteiger partial charge in [-0.1, -0.05) is 58.4 Å². The second kappa shape index (κ2) is 19.5. The van der Waals surface area contributed by atoms with Crippen LogP contribution in [0.4, 0.5) is 26.3 Å². The quantitative estimate of drug-likeness (QED) is 0.0843. The molecule has 1 aliphatic rings. The van der Waals surface area contributed by atoms with Crippen molar-refractivity contribution in [2.75, 3.05) is 14.2 Å². The lowest BCUT2D eigenvalue weighted by atomic mass is 9.80. The van der Waals surface area contributed by atoms with Gasteiger partial charge in [-0.2, -0.15) is 36.5 Å². The number of hydrogen-bond donors (Lipinski definition) is 0. The van der Waals surface area contributed by atoms with Crippen molar-refractivity contribution in [3.8, 4) is 0 Å². The number of esters is 2. The zero-order valence-electron chi connectivity index (χ0n) is 37.1. The van der Waals surface area contributed by atoms with Crippen molar-refractivity contribution in [1.29, 1.82) is 0 Å². The van der Waals surface area contributed by atoms with Crippen molar-refractivity contribution < 1.29 is 54.7 Å². The summed E-state index contributed by atoms with van der Waals surface area (Å²) < 4.78 is 101. The van der Waals surface area contributed by atoms with Crippen LogP contribution in [0.15, 0.2) is 89.4 Å². The number of methoxy groups -OCH3 is 2. The zero-order valence-corrected chi connectivity index (χ0v) is 38.7. The third-order valence-corrected chi connectivity index (χ3v) is 11.5. The van der Waals surface area contributed by atoms with Gasteiger partial charge in [0, 0.05) is 33.6 Å². The Morgan fingerprint density at radius 2 is 1.06 bits per heavy atom. The number of hydrogen-bond acceptors (Lipinski definition) is 8. The molecule has 0 saturated carbocycles. The lowest BCUT2D eigenvalue weighted by Gasteiger charge is -2.32. The highest BCUT2D eigenvalue weighted by atomic mass is 79.9. The highest BCUT2D eigenvalue weighted by molar-refractivity contribution is 9.10. The minimum Gasteiger partial charge on any atom is -0.464 e. The molecule has 0 spiro atoms. The first-order valence-corrected chi connectivity index (χ1v) is 21.1. The van der Waals surface area contributed by atoms with Crippen LogP contribution in [-0.4, -0.2) is 64.0 Å². The molecule has 3 heterocycles. The number of aromatic nitrogens is 4. The molecule has 0 unspecified atom stereocenters. The molecular weight excluding hydrogens is 909 g/mol. The molecule has 1 aliphatic heterocycles. The van der Waals surface area contributed by atoms with Crippen molar-refractivity contribution in [3.63, 3.8) is 0 Å². The van der Waals surface area contributed by atoms with Gasteiger partial charge in [-0.3, -0.25) is 9.36 Å². The van der Waals surface area contributed by atoms with Crippen LogP contribution in [0.25, 0.3) is 21.8 Å². The van der Waals surface area contributed by atoms with Gasteiger partial charge in [-0.25, -0.2) is 9.59 Å². The molecule has 342 valence electrons. The number of benzene rings is 4. The standard InChI is InChI=1S/C20H19F3N2O2.C14H18BF3O2.C12H13BrN2O2/c1-12(2)25-18(19(26)27-3)17-14(5-4-6-16(17)24-25)11-13-7-9-15(10-8-13)20(21,22)23;1-12(2)13(3,4)20-15(19-12)9-10-5-7-11(8-6-10)14(16,17)18;1-7(2)15-11(12(16)17-3)10-8(13)5-4-6-9(10)14-15/h4-10,12H,11H2,1-3H3;5-8H,9H2,1-4H3;4-7H,1-3H3. The van der Waals surface area contributed by atoms with Crippen LogP contribution in [0.3, 0.4) is 0 Å². The summed E-state index contributed by atoms with van der Waals surface area (Å²) in [5.41, 5.74) is 2.37. The average Bonchev–Trinajstić information content (AvgIpc) is 3.87. The van der Waals surface area contributed by atoms with Gasteiger partial charge in [0.05, 0.1) is 47.6 Å². The third-order valence-electron chi connectivity index (χ3n) is 10.9. The first-order valence-electron chi connectivity index (χ1n) is 20.3. The monoisotopic (exact) mass is 958 g/mol. The number of carbonyl (C=O) groups excluding carboxylic acids is 2. The van der Waals surface area contributed by atoms with E-state index in [0.29, 0.717) is 40.6 Å². The van der Waals surface area contributed by atoms with Gasteiger partial charge in [-0.05, 0) is 121 Å². The molecule has 7 rings (SSSR count). The zero-order chi connectivity index (χ0) is 47.5. The predicted octanol–water partition coefficient (Wildman–Crippen LogP) is 12.1. The number of carbonyl (C=O) groups is 2. The summed E-state index contributed by atoms with van der Waals surface area (Å²) >= 11 is 3.45. The third kappa shape index (κ3) is 11.2. The Morgan fingerprint density at radius 3 is 1.48 bits per heavy atom. The summed E-state index contributed by atoms with van der Waals surface area (Å²) in [6.07, 6.45) is -7.86. The topological polar surface area (TPSA) is 107 Å². The van der Waals surface area contributed by atoms with Crippen molar-refractivity contribution in [1.82, 2.24) is 19.6 Å². The van der Waals surface area contributed by atoms with Crippen LogP contribution >= 0.6 is 15.9 Å². The molecule has 0 amide bonds. The lowest BCUT2D eigenvalue weighted by Crippen LogP contribution is -2.41. The Kier molecular flexibility index (Phi) is 15.2. The summed E-state index contributed by atoms with van der Waals surface area (Å²) in [6.45, 7) is 15.6. The summed E-state index contributed by atoms with van der Waals surface area (Å²) in [6, 6.07) is 21.3. The predicted molar refractivity (Wildman–Crippen MR) is 236 cm³/mol. The Hall–Kier alpha value is -5.20. The largest absolute Gasteiger partial charge is 0.464 e. The molecule has 18 heteroatoms. The fraction of sp³-hybridized carbons (Fsp3) is 0.391. The van der Waals surface area contributed by atoms with Gasteiger partial charge in [-0.15, -0.1) is 0 Å². The van der Waals surface area contributed by atoms with Crippen molar-refractivity contribution in [2.24, 2.45) is 0 Å². The number of rotatable bonds is 8. The van der Waals surface area contributed by atoms with Crippen LogP contribution in [0, 0.1) is 0 Å². The number of alkyl halides is 6. The van der Waals surface area contributed by atoms with Gasteiger partial charge in [0.25, 0.3) is 0 Å². The van der Waals surface area contributed by atoms with Gasteiger partial charge in [0.2, 0.25) is 0 Å². The van der Waals surface area contributed by atoms with Crippen LogP contribution in [0.5, 0.6) is 0 Å². The Balaban J connectivity index is 0.000000186. The van der Waals surface area contributed by atoms with E-state index in [1.807, 2.05) is 85.7 Å². The van der Waals surface area contributed by atoms with E-state index < -0.39 is 47.8 Å².